The zero-order valence-corrected chi connectivity index (χ0v) is 8.29. The van der Waals surface area contributed by atoms with E-state index in [-0.39, 0.29) is 22.6 Å². The summed E-state index contributed by atoms with van der Waals surface area (Å²) >= 11 is 0. The molecule has 15 heavy (non-hydrogen) atoms. The second kappa shape index (κ2) is 2.40. The number of carbonyl (C=O) groups excluding carboxylic acids is 1. The van der Waals surface area contributed by atoms with Crippen molar-refractivity contribution in [3.8, 4) is 0 Å². The minimum atomic E-state index is -0.228. The van der Waals surface area contributed by atoms with Gasteiger partial charge in [-0.25, -0.2) is 4.39 Å². The first kappa shape index (κ1) is 8.89. The molecule has 3 aliphatic carbocycles. The molecule has 1 aromatic rings. The predicted octanol–water partition coefficient (Wildman–Crippen LogP) is 1.73. The van der Waals surface area contributed by atoms with E-state index in [0.29, 0.717) is 0 Å². The first-order valence-corrected chi connectivity index (χ1v) is 5.12. The Labute approximate surface area is 87.3 Å². The van der Waals surface area contributed by atoms with Gasteiger partial charge in [-0.3, -0.25) is 4.79 Å². The third-order valence-corrected chi connectivity index (χ3v) is 4.01. The van der Waals surface area contributed by atoms with Crippen molar-refractivity contribution < 1.29 is 9.18 Å². The summed E-state index contributed by atoms with van der Waals surface area (Å²) in [7, 11) is 0. The molecule has 3 fully saturated rings. The van der Waals surface area contributed by atoms with Gasteiger partial charge in [0.1, 0.15) is 5.82 Å². The van der Waals surface area contributed by atoms with E-state index >= 15 is 0 Å². The van der Waals surface area contributed by atoms with E-state index in [0.717, 1.165) is 24.8 Å². The van der Waals surface area contributed by atoms with Gasteiger partial charge in [-0.15, -0.1) is 0 Å². The van der Waals surface area contributed by atoms with E-state index in [1.807, 2.05) is 12.1 Å². The maximum Gasteiger partial charge on any atom is 0.223 e. The normalized spacial score (nSPS) is 36.6. The van der Waals surface area contributed by atoms with Crippen LogP contribution in [-0.4, -0.2) is 5.91 Å². The number of primary amides is 1. The molecule has 0 aliphatic heterocycles. The van der Waals surface area contributed by atoms with Gasteiger partial charge in [0.15, 0.2) is 0 Å². The third kappa shape index (κ3) is 0.954. The van der Waals surface area contributed by atoms with Crippen LogP contribution in [0.5, 0.6) is 0 Å². The maximum atomic E-state index is 12.7. The highest BCUT2D eigenvalue weighted by Gasteiger charge is 2.71. The fourth-order valence-corrected chi connectivity index (χ4v) is 3.16. The quantitative estimate of drug-likeness (QED) is 0.785. The molecular formula is C12H12FNO. The van der Waals surface area contributed by atoms with E-state index in [4.69, 9.17) is 5.73 Å². The minimum absolute atomic E-state index is 0.128. The largest absolute Gasteiger partial charge is 0.369 e. The van der Waals surface area contributed by atoms with Crippen LogP contribution in [0.2, 0.25) is 0 Å². The maximum absolute atomic E-state index is 12.7. The van der Waals surface area contributed by atoms with Crippen molar-refractivity contribution in [2.75, 3.05) is 0 Å². The fraction of sp³-hybridized carbons (Fsp3) is 0.417. The number of nitrogens with two attached hydrogens (primary N) is 1. The fourth-order valence-electron chi connectivity index (χ4n) is 3.16. The summed E-state index contributed by atoms with van der Waals surface area (Å²) in [5, 5.41) is 0. The molecule has 4 rings (SSSR count). The SMILES string of the molecule is NC(=O)C12CC(c3ccc(F)cc3)(C1)C2. The Kier molecular flexibility index (Phi) is 1.43. The number of halogens is 1. The molecule has 0 spiro atoms. The monoisotopic (exact) mass is 205 g/mol. The summed E-state index contributed by atoms with van der Waals surface area (Å²) in [5.41, 5.74) is 6.38. The van der Waals surface area contributed by atoms with E-state index in [1.165, 1.54) is 12.1 Å². The van der Waals surface area contributed by atoms with Gasteiger partial charge in [0.2, 0.25) is 5.91 Å². The molecule has 0 saturated heterocycles. The van der Waals surface area contributed by atoms with E-state index in [2.05, 4.69) is 0 Å². The predicted molar refractivity (Wildman–Crippen MR) is 53.6 cm³/mol. The number of carbonyl (C=O) groups is 1. The van der Waals surface area contributed by atoms with Crippen LogP contribution in [0.1, 0.15) is 24.8 Å². The summed E-state index contributed by atoms with van der Waals surface area (Å²) in [6, 6.07) is 6.60. The van der Waals surface area contributed by atoms with Crippen LogP contribution >= 0.6 is 0 Å². The number of hydrogen-bond acceptors (Lipinski definition) is 1. The summed E-state index contributed by atoms with van der Waals surface area (Å²) in [6.45, 7) is 0. The lowest BCUT2D eigenvalue weighted by molar-refractivity contribution is -0.172. The molecule has 3 saturated carbocycles. The molecule has 78 valence electrons. The van der Waals surface area contributed by atoms with Gasteiger partial charge in [0, 0.05) is 0 Å². The lowest BCUT2D eigenvalue weighted by Gasteiger charge is -2.69. The van der Waals surface area contributed by atoms with Crippen LogP contribution in [-0.2, 0) is 10.2 Å². The summed E-state index contributed by atoms with van der Waals surface area (Å²) in [4.78, 5) is 11.1. The van der Waals surface area contributed by atoms with Gasteiger partial charge in [-0.05, 0) is 42.4 Å². The Morgan fingerprint density at radius 1 is 1.20 bits per heavy atom. The van der Waals surface area contributed by atoms with Crippen LogP contribution < -0.4 is 5.73 Å². The van der Waals surface area contributed by atoms with E-state index in [1.54, 1.807) is 0 Å². The molecule has 0 heterocycles. The molecule has 0 aromatic heterocycles. The third-order valence-electron chi connectivity index (χ3n) is 4.01. The highest BCUT2D eigenvalue weighted by Crippen LogP contribution is 2.73. The molecule has 0 radical (unpaired) electrons. The van der Waals surface area contributed by atoms with Gasteiger partial charge < -0.3 is 5.73 Å². The smallest absolute Gasteiger partial charge is 0.223 e. The Hall–Kier alpha value is -1.38. The van der Waals surface area contributed by atoms with Crippen molar-refractivity contribution in [2.24, 2.45) is 11.1 Å². The van der Waals surface area contributed by atoms with Gasteiger partial charge in [-0.2, -0.15) is 0 Å². The van der Waals surface area contributed by atoms with Crippen molar-refractivity contribution in [3.63, 3.8) is 0 Å². The topological polar surface area (TPSA) is 43.1 Å². The second-order valence-electron chi connectivity index (χ2n) is 4.96. The van der Waals surface area contributed by atoms with Crippen LogP contribution in [0.25, 0.3) is 0 Å². The summed E-state index contributed by atoms with van der Waals surface area (Å²) < 4.78 is 12.7. The Bertz CT molecular complexity index is 418. The number of amides is 1. The van der Waals surface area contributed by atoms with Crippen molar-refractivity contribution in [3.05, 3.63) is 35.6 Å². The number of hydrogen-bond donors (Lipinski definition) is 1. The van der Waals surface area contributed by atoms with E-state index < -0.39 is 0 Å². The average Bonchev–Trinajstić information content (AvgIpc) is 2.02. The lowest BCUT2D eigenvalue weighted by Crippen LogP contribution is -2.69. The van der Waals surface area contributed by atoms with Crippen LogP contribution in [0.15, 0.2) is 24.3 Å². The highest BCUT2D eigenvalue weighted by molar-refractivity contribution is 5.86. The van der Waals surface area contributed by atoms with Gasteiger partial charge in [0.25, 0.3) is 0 Å². The molecule has 2 bridgehead atoms. The van der Waals surface area contributed by atoms with Crippen LogP contribution in [0.4, 0.5) is 4.39 Å². The highest BCUT2D eigenvalue weighted by atomic mass is 19.1. The lowest BCUT2D eigenvalue weighted by atomic mass is 9.33. The van der Waals surface area contributed by atoms with Crippen LogP contribution in [0, 0.1) is 11.2 Å². The summed E-state index contributed by atoms with van der Waals surface area (Å²) in [5.74, 6) is -0.388. The Morgan fingerprint density at radius 3 is 2.20 bits per heavy atom. The average molecular weight is 205 g/mol. The molecule has 3 aliphatic rings. The zero-order valence-electron chi connectivity index (χ0n) is 8.29. The van der Waals surface area contributed by atoms with Gasteiger partial charge >= 0.3 is 0 Å². The summed E-state index contributed by atoms with van der Waals surface area (Å²) in [6.07, 6.45) is 2.54. The van der Waals surface area contributed by atoms with Crippen LogP contribution in [0.3, 0.4) is 0 Å². The molecule has 3 heteroatoms. The zero-order chi connectivity index (χ0) is 10.7. The van der Waals surface area contributed by atoms with Crippen molar-refractivity contribution >= 4 is 5.91 Å². The van der Waals surface area contributed by atoms with Crippen molar-refractivity contribution in [1.29, 1.82) is 0 Å². The Balaban J connectivity index is 1.84. The molecule has 2 N–H and O–H groups in total. The molecule has 2 nitrogen and oxygen atoms in total. The standard InChI is InChI=1S/C12H12FNO/c13-9-3-1-8(2-4-9)11-5-12(6-11,7-11)10(14)15/h1-4H,5-7H2,(H2,14,15). The Morgan fingerprint density at radius 2 is 1.73 bits per heavy atom. The van der Waals surface area contributed by atoms with Crippen molar-refractivity contribution in [2.45, 2.75) is 24.7 Å². The first-order valence-electron chi connectivity index (χ1n) is 5.12. The molecule has 0 atom stereocenters. The van der Waals surface area contributed by atoms with E-state index in [9.17, 15) is 9.18 Å². The first-order chi connectivity index (χ1) is 7.06. The minimum Gasteiger partial charge on any atom is -0.369 e. The van der Waals surface area contributed by atoms with Gasteiger partial charge in [0.05, 0.1) is 5.41 Å². The molecule has 1 aromatic carbocycles. The van der Waals surface area contributed by atoms with Gasteiger partial charge in [-0.1, -0.05) is 12.1 Å². The van der Waals surface area contributed by atoms with Crippen molar-refractivity contribution in [1.82, 2.24) is 0 Å². The molecule has 1 amide bonds. The number of rotatable bonds is 2. The molecule has 0 unspecified atom stereocenters. The number of benzene rings is 1. The molecular weight excluding hydrogens is 193 g/mol. The second-order valence-corrected chi connectivity index (χ2v) is 4.96.